The number of nitrogens with zero attached hydrogens (tertiary/aromatic N) is 2. The Labute approximate surface area is 168 Å². The normalized spacial score (nSPS) is 11.2. The molecular weight excluding hydrogens is 369 g/mol. The highest BCUT2D eigenvalue weighted by molar-refractivity contribution is 5.98. The van der Waals surface area contributed by atoms with E-state index < -0.39 is 0 Å². The van der Waals surface area contributed by atoms with E-state index in [9.17, 15) is 9.18 Å². The lowest BCUT2D eigenvalue weighted by molar-refractivity contribution is 0.0924. The van der Waals surface area contributed by atoms with E-state index in [1.165, 1.54) is 23.8 Å². The number of nitrogens with one attached hydrogen (secondary N) is 1. The van der Waals surface area contributed by atoms with Gasteiger partial charge in [0.05, 0.1) is 12.2 Å². The summed E-state index contributed by atoms with van der Waals surface area (Å²) >= 11 is 0. The molecule has 29 heavy (non-hydrogen) atoms. The van der Waals surface area contributed by atoms with E-state index in [-0.39, 0.29) is 17.5 Å². The summed E-state index contributed by atoms with van der Waals surface area (Å²) in [6, 6.07) is 14.4. The Morgan fingerprint density at radius 3 is 2.66 bits per heavy atom. The molecule has 2 aromatic carbocycles. The fraction of sp³-hybridized carbons (Fsp3) is 0.217. The molecule has 2 aromatic heterocycles. The maximum Gasteiger partial charge on any atom is 0.287 e. The van der Waals surface area contributed by atoms with Crippen molar-refractivity contribution in [3.05, 3.63) is 88.2 Å². The van der Waals surface area contributed by atoms with Crippen LogP contribution in [0.3, 0.4) is 0 Å². The number of furan rings is 1. The van der Waals surface area contributed by atoms with Gasteiger partial charge in [0.1, 0.15) is 11.4 Å². The molecule has 0 bridgehead atoms. The highest BCUT2D eigenvalue weighted by Crippen LogP contribution is 2.26. The summed E-state index contributed by atoms with van der Waals surface area (Å²) in [7, 11) is 0. The smallest absolute Gasteiger partial charge is 0.287 e. The van der Waals surface area contributed by atoms with E-state index in [2.05, 4.69) is 22.5 Å². The molecule has 1 amide bonds. The number of fused-ring (bicyclic) bond motifs is 1. The first-order valence-corrected chi connectivity index (χ1v) is 9.47. The van der Waals surface area contributed by atoms with Gasteiger partial charge in [-0.1, -0.05) is 30.3 Å². The number of aromatic nitrogens is 2. The van der Waals surface area contributed by atoms with Gasteiger partial charge < -0.3 is 9.73 Å². The van der Waals surface area contributed by atoms with Crippen molar-refractivity contribution in [1.29, 1.82) is 0 Å². The lowest BCUT2D eigenvalue weighted by Gasteiger charge is -2.07. The van der Waals surface area contributed by atoms with Crippen LogP contribution in [0.5, 0.6) is 0 Å². The summed E-state index contributed by atoms with van der Waals surface area (Å²) < 4.78 is 21.1. The molecule has 0 saturated heterocycles. The topological polar surface area (TPSA) is 60.1 Å². The lowest BCUT2D eigenvalue weighted by Crippen LogP contribution is -2.23. The summed E-state index contributed by atoms with van der Waals surface area (Å²) in [5, 5.41) is 8.14. The van der Waals surface area contributed by atoms with Gasteiger partial charge in [-0.05, 0) is 44.5 Å². The number of benzene rings is 2. The van der Waals surface area contributed by atoms with E-state index in [0.29, 0.717) is 29.6 Å². The minimum atomic E-state index is -0.356. The second kappa shape index (κ2) is 7.54. The van der Waals surface area contributed by atoms with Crippen LogP contribution < -0.4 is 5.32 Å². The fourth-order valence-electron chi connectivity index (χ4n) is 3.56. The maximum absolute atomic E-state index is 13.5. The third-order valence-electron chi connectivity index (χ3n) is 5.24. The van der Waals surface area contributed by atoms with Crippen LogP contribution in [-0.4, -0.2) is 15.7 Å². The van der Waals surface area contributed by atoms with Gasteiger partial charge in [0, 0.05) is 28.8 Å². The predicted molar refractivity (Wildman–Crippen MR) is 109 cm³/mol. The van der Waals surface area contributed by atoms with Crippen molar-refractivity contribution >= 4 is 16.9 Å². The van der Waals surface area contributed by atoms with Gasteiger partial charge >= 0.3 is 0 Å². The quantitative estimate of drug-likeness (QED) is 0.538. The van der Waals surface area contributed by atoms with E-state index in [4.69, 9.17) is 4.42 Å². The summed E-state index contributed by atoms with van der Waals surface area (Å²) in [6.07, 6.45) is 0. The molecular formula is C23H22FN3O2. The molecule has 0 unspecified atom stereocenters. The molecule has 0 aliphatic rings. The monoisotopic (exact) mass is 391 g/mol. The summed E-state index contributed by atoms with van der Waals surface area (Å²) in [5.74, 6) is -0.475. The van der Waals surface area contributed by atoms with Gasteiger partial charge in [-0.25, -0.2) is 4.39 Å². The van der Waals surface area contributed by atoms with Crippen molar-refractivity contribution in [3.63, 3.8) is 0 Å². The third-order valence-corrected chi connectivity index (χ3v) is 5.24. The van der Waals surface area contributed by atoms with Crippen molar-refractivity contribution in [2.24, 2.45) is 0 Å². The van der Waals surface area contributed by atoms with Gasteiger partial charge in [0.15, 0.2) is 5.76 Å². The Balaban J connectivity index is 1.52. The zero-order valence-electron chi connectivity index (χ0n) is 16.6. The zero-order valence-corrected chi connectivity index (χ0v) is 16.6. The van der Waals surface area contributed by atoms with E-state index in [0.717, 1.165) is 17.0 Å². The van der Waals surface area contributed by atoms with Crippen molar-refractivity contribution in [2.45, 2.75) is 33.9 Å². The van der Waals surface area contributed by atoms with Gasteiger partial charge in [-0.3, -0.25) is 9.48 Å². The van der Waals surface area contributed by atoms with E-state index >= 15 is 0 Å². The van der Waals surface area contributed by atoms with Crippen molar-refractivity contribution in [2.75, 3.05) is 0 Å². The van der Waals surface area contributed by atoms with Crippen LogP contribution in [0.1, 0.15) is 38.6 Å². The average molecular weight is 391 g/mol. The number of carbonyl (C=O) groups excluding carboxylic acids is 1. The molecule has 6 heteroatoms. The number of hydrogen-bond acceptors (Lipinski definition) is 3. The molecule has 4 aromatic rings. The molecule has 0 saturated carbocycles. The number of carbonyl (C=O) groups is 1. The van der Waals surface area contributed by atoms with Crippen LogP contribution in [0.25, 0.3) is 11.0 Å². The molecule has 5 nitrogen and oxygen atoms in total. The minimum Gasteiger partial charge on any atom is -0.451 e. The second-order valence-electron chi connectivity index (χ2n) is 7.17. The largest absolute Gasteiger partial charge is 0.451 e. The average Bonchev–Trinajstić information content (AvgIpc) is 3.17. The SMILES string of the molecule is Cc1nn(Cc2ccccc2)c(C)c1CNC(=O)c1oc2ccc(F)cc2c1C. The summed E-state index contributed by atoms with van der Waals surface area (Å²) in [4.78, 5) is 12.7. The number of halogens is 1. The number of rotatable bonds is 5. The Morgan fingerprint density at radius 1 is 1.14 bits per heavy atom. The van der Waals surface area contributed by atoms with Crippen molar-refractivity contribution in [3.8, 4) is 0 Å². The molecule has 0 atom stereocenters. The van der Waals surface area contributed by atoms with Crippen molar-refractivity contribution < 1.29 is 13.6 Å². The number of aryl methyl sites for hydroxylation is 2. The van der Waals surface area contributed by atoms with Gasteiger partial charge in [-0.2, -0.15) is 5.10 Å². The predicted octanol–water partition coefficient (Wildman–Crippen LogP) is 4.67. The molecule has 0 aliphatic heterocycles. The number of amides is 1. The first-order valence-electron chi connectivity index (χ1n) is 9.47. The molecule has 4 rings (SSSR count). The fourth-order valence-corrected chi connectivity index (χ4v) is 3.56. The van der Waals surface area contributed by atoms with Crippen LogP contribution in [0.2, 0.25) is 0 Å². The van der Waals surface area contributed by atoms with Crippen molar-refractivity contribution in [1.82, 2.24) is 15.1 Å². The van der Waals surface area contributed by atoms with Crippen LogP contribution in [0.15, 0.2) is 52.9 Å². The highest BCUT2D eigenvalue weighted by Gasteiger charge is 2.19. The van der Waals surface area contributed by atoms with E-state index in [1.807, 2.05) is 36.7 Å². The van der Waals surface area contributed by atoms with Crippen LogP contribution >= 0.6 is 0 Å². The number of hydrogen-bond donors (Lipinski definition) is 1. The standard InChI is InChI=1S/C23H22FN3O2/c1-14-19-11-18(24)9-10-21(19)29-22(14)23(28)25-12-20-15(2)26-27(16(20)3)13-17-7-5-4-6-8-17/h4-11H,12-13H2,1-3H3,(H,25,28). The Hall–Kier alpha value is -3.41. The second-order valence-corrected chi connectivity index (χ2v) is 7.17. The van der Waals surface area contributed by atoms with Gasteiger partial charge in [-0.15, -0.1) is 0 Å². The summed E-state index contributed by atoms with van der Waals surface area (Å²) in [6.45, 7) is 6.71. The van der Waals surface area contributed by atoms with Crippen LogP contribution in [-0.2, 0) is 13.1 Å². The molecule has 2 heterocycles. The lowest BCUT2D eigenvalue weighted by atomic mass is 10.1. The molecule has 1 N–H and O–H groups in total. The molecule has 148 valence electrons. The molecule has 0 aliphatic carbocycles. The highest BCUT2D eigenvalue weighted by atomic mass is 19.1. The summed E-state index contributed by atoms with van der Waals surface area (Å²) in [5.41, 5.74) is 5.16. The first kappa shape index (κ1) is 18.9. The maximum atomic E-state index is 13.5. The molecule has 0 fully saturated rings. The zero-order chi connectivity index (χ0) is 20.5. The Bertz CT molecular complexity index is 1190. The molecule has 0 spiro atoms. The van der Waals surface area contributed by atoms with Crippen LogP contribution in [0.4, 0.5) is 4.39 Å². The Kier molecular flexibility index (Phi) is 4.92. The molecule has 0 radical (unpaired) electrons. The van der Waals surface area contributed by atoms with Gasteiger partial charge in [0.25, 0.3) is 5.91 Å². The first-order chi connectivity index (χ1) is 13.9. The van der Waals surface area contributed by atoms with Crippen LogP contribution in [0, 0.1) is 26.6 Å². The minimum absolute atomic E-state index is 0.206. The Morgan fingerprint density at radius 2 is 1.90 bits per heavy atom. The van der Waals surface area contributed by atoms with E-state index in [1.54, 1.807) is 6.92 Å². The van der Waals surface area contributed by atoms with Gasteiger partial charge in [0.2, 0.25) is 0 Å². The third kappa shape index (κ3) is 3.66.